The minimum Gasteiger partial charge on any atom is -0.444 e. The number of likely N-dealkylation sites (tertiary alicyclic amines) is 1. The molecule has 2 amide bonds. The number of aryl methyl sites for hydroxylation is 2. The van der Waals surface area contributed by atoms with E-state index in [2.05, 4.69) is 21.1 Å². The number of carbonyl (C=O) groups excluding carboxylic acids is 2. The number of rotatable bonds is 4. The summed E-state index contributed by atoms with van der Waals surface area (Å²) >= 11 is 0. The molecule has 0 atom stereocenters. The number of aromatic nitrogens is 3. The maximum absolute atomic E-state index is 12.9. The van der Waals surface area contributed by atoms with Crippen LogP contribution in [0.3, 0.4) is 0 Å². The lowest BCUT2D eigenvalue weighted by Crippen LogP contribution is -2.42. The van der Waals surface area contributed by atoms with Crippen LogP contribution in [0.4, 0.5) is 4.79 Å². The molecule has 8 heteroatoms. The Morgan fingerprint density at radius 3 is 2.68 bits per heavy atom. The molecule has 0 spiro atoms. The summed E-state index contributed by atoms with van der Waals surface area (Å²) in [4.78, 5) is 31.6. The molecule has 1 saturated heterocycles. The van der Waals surface area contributed by atoms with Crippen LogP contribution in [-0.2, 0) is 24.2 Å². The van der Waals surface area contributed by atoms with Gasteiger partial charge >= 0.3 is 6.09 Å². The zero-order valence-electron chi connectivity index (χ0n) is 18.8. The Kier molecular flexibility index (Phi) is 6.07. The lowest BCUT2D eigenvalue weighted by atomic mass is 10.0. The van der Waals surface area contributed by atoms with Crippen molar-refractivity contribution < 1.29 is 14.3 Å². The second-order valence-corrected chi connectivity index (χ2v) is 9.48. The molecule has 4 heterocycles. The van der Waals surface area contributed by atoms with Crippen molar-refractivity contribution in [2.75, 3.05) is 13.1 Å². The largest absolute Gasteiger partial charge is 0.444 e. The molecule has 0 aromatic carbocycles. The third-order valence-electron chi connectivity index (χ3n) is 5.91. The Hall–Kier alpha value is -2.77. The van der Waals surface area contributed by atoms with Gasteiger partial charge in [-0.3, -0.25) is 4.79 Å². The van der Waals surface area contributed by atoms with Gasteiger partial charge in [-0.15, -0.1) is 0 Å². The number of nitrogens with one attached hydrogen (secondary N) is 1. The third kappa shape index (κ3) is 5.11. The number of hydrogen-bond acceptors (Lipinski definition) is 4. The maximum Gasteiger partial charge on any atom is 0.410 e. The van der Waals surface area contributed by atoms with Crippen molar-refractivity contribution in [2.24, 2.45) is 0 Å². The summed E-state index contributed by atoms with van der Waals surface area (Å²) in [6, 6.07) is 3.95. The predicted octanol–water partition coefficient (Wildman–Crippen LogP) is 3.52. The standard InChI is InChI=1S/C23H33N5O3/c1-23(2,3)31-22(30)26-13-9-18(10-14-26)28-12-6-7-19(28)21(29)24-15-17-16-27-11-5-4-8-20(27)25-17/h6-7,12,16,18H,4-5,8-11,13-15H2,1-3H3,(H,24,29). The van der Waals surface area contributed by atoms with Gasteiger partial charge in [0, 0.05) is 44.5 Å². The van der Waals surface area contributed by atoms with Crippen LogP contribution in [0.25, 0.3) is 0 Å². The molecule has 0 bridgehead atoms. The summed E-state index contributed by atoms with van der Waals surface area (Å²) in [5.41, 5.74) is 1.07. The van der Waals surface area contributed by atoms with E-state index in [0.717, 1.165) is 37.3 Å². The molecular weight excluding hydrogens is 394 g/mol. The number of nitrogens with zero attached hydrogens (tertiary/aromatic N) is 4. The predicted molar refractivity (Wildman–Crippen MR) is 117 cm³/mol. The van der Waals surface area contributed by atoms with Gasteiger partial charge in [0.05, 0.1) is 12.2 Å². The molecule has 8 nitrogen and oxygen atoms in total. The van der Waals surface area contributed by atoms with Crippen molar-refractivity contribution in [1.29, 1.82) is 0 Å². The van der Waals surface area contributed by atoms with Gasteiger partial charge in [0.15, 0.2) is 0 Å². The molecule has 1 fully saturated rings. The first-order valence-electron chi connectivity index (χ1n) is 11.3. The number of carbonyl (C=O) groups is 2. The van der Waals surface area contributed by atoms with Gasteiger partial charge in [-0.1, -0.05) is 0 Å². The van der Waals surface area contributed by atoms with Crippen molar-refractivity contribution in [3.63, 3.8) is 0 Å². The Morgan fingerprint density at radius 1 is 1.19 bits per heavy atom. The molecule has 2 aliphatic rings. The summed E-state index contributed by atoms with van der Waals surface area (Å²) in [7, 11) is 0. The summed E-state index contributed by atoms with van der Waals surface area (Å²) < 4.78 is 9.72. The molecule has 4 rings (SSSR count). The van der Waals surface area contributed by atoms with E-state index >= 15 is 0 Å². The van der Waals surface area contributed by atoms with Crippen LogP contribution in [0, 0.1) is 0 Å². The quantitative estimate of drug-likeness (QED) is 0.809. The Morgan fingerprint density at radius 2 is 1.97 bits per heavy atom. The van der Waals surface area contributed by atoms with Crippen molar-refractivity contribution in [3.8, 4) is 0 Å². The second kappa shape index (κ2) is 8.77. The van der Waals surface area contributed by atoms with Crippen LogP contribution in [0.2, 0.25) is 0 Å². The molecule has 2 aromatic heterocycles. The third-order valence-corrected chi connectivity index (χ3v) is 5.91. The summed E-state index contributed by atoms with van der Waals surface area (Å²) in [6.07, 6.45) is 8.72. The van der Waals surface area contributed by atoms with E-state index in [9.17, 15) is 9.59 Å². The van der Waals surface area contributed by atoms with Gasteiger partial charge < -0.3 is 24.1 Å². The van der Waals surface area contributed by atoms with Gasteiger partial charge in [0.2, 0.25) is 0 Å². The first-order chi connectivity index (χ1) is 14.8. The van der Waals surface area contributed by atoms with Crippen LogP contribution in [0.5, 0.6) is 0 Å². The molecule has 2 aliphatic heterocycles. The van der Waals surface area contributed by atoms with Crippen molar-refractivity contribution in [1.82, 2.24) is 24.3 Å². The lowest BCUT2D eigenvalue weighted by Gasteiger charge is -2.34. The highest BCUT2D eigenvalue weighted by Crippen LogP contribution is 2.26. The fourth-order valence-corrected chi connectivity index (χ4v) is 4.38. The smallest absolute Gasteiger partial charge is 0.410 e. The molecule has 31 heavy (non-hydrogen) atoms. The van der Waals surface area contributed by atoms with Crippen LogP contribution in [-0.4, -0.2) is 49.7 Å². The summed E-state index contributed by atoms with van der Waals surface area (Å²) in [6.45, 7) is 8.32. The SMILES string of the molecule is CC(C)(C)OC(=O)N1CCC(n2cccc2C(=O)NCc2cn3c(n2)CCCC3)CC1. The Bertz CT molecular complexity index is 908. The number of amides is 2. The fourth-order valence-electron chi connectivity index (χ4n) is 4.38. The minimum absolute atomic E-state index is 0.0921. The summed E-state index contributed by atoms with van der Waals surface area (Å²) in [5, 5.41) is 3.02. The average molecular weight is 428 g/mol. The molecule has 2 aromatic rings. The van der Waals surface area contributed by atoms with Crippen LogP contribution >= 0.6 is 0 Å². The fraction of sp³-hybridized carbons (Fsp3) is 0.609. The van der Waals surface area contributed by atoms with Crippen molar-refractivity contribution in [3.05, 3.63) is 41.7 Å². The van der Waals surface area contributed by atoms with Crippen LogP contribution in [0.15, 0.2) is 24.5 Å². The molecule has 1 N–H and O–H groups in total. The second-order valence-electron chi connectivity index (χ2n) is 9.48. The van der Waals surface area contributed by atoms with E-state index in [-0.39, 0.29) is 18.0 Å². The van der Waals surface area contributed by atoms with Crippen LogP contribution in [0.1, 0.15) is 74.5 Å². The Balaban J connectivity index is 1.33. The zero-order valence-corrected chi connectivity index (χ0v) is 18.8. The van der Waals surface area contributed by atoms with E-state index in [0.29, 0.717) is 25.3 Å². The van der Waals surface area contributed by atoms with Crippen molar-refractivity contribution >= 4 is 12.0 Å². The summed E-state index contributed by atoms with van der Waals surface area (Å²) in [5.74, 6) is 1.03. The van der Waals surface area contributed by atoms with E-state index in [4.69, 9.17) is 4.74 Å². The number of ether oxygens (including phenoxy) is 1. The molecule has 0 saturated carbocycles. The number of fused-ring (bicyclic) bond motifs is 1. The van der Waals surface area contributed by atoms with E-state index in [1.165, 1.54) is 12.8 Å². The molecule has 168 valence electrons. The van der Waals surface area contributed by atoms with E-state index in [1.54, 1.807) is 4.90 Å². The number of piperidine rings is 1. The number of imidazole rings is 1. The molecule has 0 radical (unpaired) electrons. The highest BCUT2D eigenvalue weighted by atomic mass is 16.6. The normalized spacial score (nSPS) is 17.3. The maximum atomic E-state index is 12.9. The van der Waals surface area contributed by atoms with Crippen LogP contribution < -0.4 is 5.32 Å². The number of hydrogen-bond donors (Lipinski definition) is 1. The zero-order chi connectivity index (χ0) is 22.0. The first-order valence-corrected chi connectivity index (χ1v) is 11.3. The van der Waals surface area contributed by atoms with E-state index < -0.39 is 5.60 Å². The van der Waals surface area contributed by atoms with E-state index in [1.807, 2.05) is 43.7 Å². The topological polar surface area (TPSA) is 81.4 Å². The highest BCUT2D eigenvalue weighted by molar-refractivity contribution is 5.92. The first kappa shape index (κ1) is 21.5. The molecule has 0 unspecified atom stereocenters. The van der Waals surface area contributed by atoms with Gasteiger partial charge in [-0.25, -0.2) is 9.78 Å². The molecule has 0 aliphatic carbocycles. The van der Waals surface area contributed by atoms with Gasteiger partial charge in [-0.2, -0.15) is 0 Å². The molecular formula is C23H33N5O3. The lowest BCUT2D eigenvalue weighted by molar-refractivity contribution is 0.0187. The minimum atomic E-state index is -0.492. The van der Waals surface area contributed by atoms with Gasteiger partial charge in [0.1, 0.15) is 17.1 Å². The van der Waals surface area contributed by atoms with Crippen molar-refractivity contribution in [2.45, 2.75) is 77.6 Å². The monoisotopic (exact) mass is 427 g/mol. The highest BCUT2D eigenvalue weighted by Gasteiger charge is 2.28. The van der Waals surface area contributed by atoms with Gasteiger partial charge in [0.25, 0.3) is 5.91 Å². The Labute approximate surface area is 183 Å². The average Bonchev–Trinajstić information content (AvgIpc) is 3.37. The van der Waals surface area contributed by atoms with Gasteiger partial charge in [-0.05, 0) is 58.6 Å².